The van der Waals surface area contributed by atoms with E-state index in [1.165, 1.54) is 10.9 Å². The zero-order chi connectivity index (χ0) is 14.2. The standard InChI is InChI=1S/C12H17N3O4/c1-7-5-8(2)12(18-4)19-11(7)10-9(15(16)17)6-13-14(10)3/h5-7,11-12H,1-4H3. The third-order valence-electron chi connectivity index (χ3n) is 3.29. The summed E-state index contributed by atoms with van der Waals surface area (Å²) in [7, 11) is 3.22. The van der Waals surface area contributed by atoms with E-state index in [2.05, 4.69) is 5.10 Å². The van der Waals surface area contributed by atoms with E-state index < -0.39 is 17.3 Å². The molecule has 0 fully saturated rings. The van der Waals surface area contributed by atoms with Crippen molar-refractivity contribution in [3.63, 3.8) is 0 Å². The van der Waals surface area contributed by atoms with Crippen LogP contribution < -0.4 is 0 Å². The summed E-state index contributed by atoms with van der Waals surface area (Å²) in [6.07, 6.45) is 2.34. The van der Waals surface area contributed by atoms with Gasteiger partial charge in [-0.3, -0.25) is 14.8 Å². The molecule has 0 radical (unpaired) electrons. The summed E-state index contributed by atoms with van der Waals surface area (Å²) >= 11 is 0. The Kier molecular flexibility index (Phi) is 3.68. The lowest BCUT2D eigenvalue weighted by Crippen LogP contribution is -2.29. The molecule has 0 aromatic carbocycles. The Morgan fingerprint density at radius 1 is 1.58 bits per heavy atom. The first-order valence-corrected chi connectivity index (χ1v) is 5.98. The predicted molar refractivity (Wildman–Crippen MR) is 67.4 cm³/mol. The molecular formula is C12H17N3O4. The first-order chi connectivity index (χ1) is 8.95. The molecule has 0 bridgehead atoms. The quantitative estimate of drug-likeness (QED) is 0.475. The summed E-state index contributed by atoms with van der Waals surface area (Å²) in [5, 5.41) is 15.0. The van der Waals surface area contributed by atoms with Crippen LogP contribution in [0, 0.1) is 16.0 Å². The van der Waals surface area contributed by atoms with Crippen molar-refractivity contribution >= 4 is 5.69 Å². The van der Waals surface area contributed by atoms with Crippen LogP contribution in [0.4, 0.5) is 5.69 Å². The summed E-state index contributed by atoms with van der Waals surface area (Å²) in [5.74, 6) is 0.0144. The smallest absolute Gasteiger partial charge is 0.312 e. The average molecular weight is 267 g/mol. The Morgan fingerprint density at radius 2 is 2.26 bits per heavy atom. The monoisotopic (exact) mass is 267 g/mol. The fraction of sp³-hybridized carbons (Fsp3) is 0.583. The molecule has 1 aliphatic rings. The first kappa shape index (κ1) is 13.7. The van der Waals surface area contributed by atoms with E-state index in [1.807, 2.05) is 19.9 Å². The minimum atomic E-state index is -0.476. The van der Waals surface area contributed by atoms with Crippen molar-refractivity contribution < 1.29 is 14.4 Å². The Morgan fingerprint density at radius 3 is 2.84 bits per heavy atom. The molecule has 7 heteroatoms. The maximum atomic E-state index is 11.0. The van der Waals surface area contributed by atoms with Gasteiger partial charge in [-0.1, -0.05) is 13.0 Å². The van der Waals surface area contributed by atoms with Crippen molar-refractivity contribution in [2.45, 2.75) is 26.2 Å². The molecule has 0 saturated heterocycles. The van der Waals surface area contributed by atoms with E-state index in [1.54, 1.807) is 14.2 Å². The van der Waals surface area contributed by atoms with Gasteiger partial charge in [-0.05, 0) is 12.5 Å². The second-order valence-corrected chi connectivity index (χ2v) is 4.69. The molecule has 3 atom stereocenters. The molecule has 104 valence electrons. The van der Waals surface area contributed by atoms with Gasteiger partial charge in [0.2, 0.25) is 0 Å². The highest BCUT2D eigenvalue weighted by atomic mass is 16.7. The van der Waals surface area contributed by atoms with E-state index in [4.69, 9.17) is 9.47 Å². The average Bonchev–Trinajstić information content (AvgIpc) is 2.72. The van der Waals surface area contributed by atoms with Crippen molar-refractivity contribution in [1.29, 1.82) is 0 Å². The lowest BCUT2D eigenvalue weighted by Gasteiger charge is -2.32. The van der Waals surface area contributed by atoms with Gasteiger partial charge in [-0.25, -0.2) is 0 Å². The molecule has 0 aliphatic carbocycles. The number of hydrogen-bond acceptors (Lipinski definition) is 5. The van der Waals surface area contributed by atoms with Gasteiger partial charge in [0, 0.05) is 20.1 Å². The van der Waals surface area contributed by atoms with Crippen LogP contribution in [0.2, 0.25) is 0 Å². The molecular weight excluding hydrogens is 250 g/mol. The van der Waals surface area contributed by atoms with Crippen LogP contribution in [0.5, 0.6) is 0 Å². The second-order valence-electron chi connectivity index (χ2n) is 4.69. The topological polar surface area (TPSA) is 79.4 Å². The normalized spacial score (nSPS) is 27.2. The maximum Gasteiger partial charge on any atom is 0.312 e. The van der Waals surface area contributed by atoms with Gasteiger partial charge in [-0.15, -0.1) is 0 Å². The van der Waals surface area contributed by atoms with E-state index >= 15 is 0 Å². The van der Waals surface area contributed by atoms with Crippen molar-refractivity contribution in [3.05, 3.63) is 33.7 Å². The second kappa shape index (κ2) is 5.10. The van der Waals surface area contributed by atoms with Crippen LogP contribution in [-0.2, 0) is 16.5 Å². The van der Waals surface area contributed by atoms with Gasteiger partial charge >= 0.3 is 5.69 Å². The zero-order valence-corrected chi connectivity index (χ0v) is 11.4. The molecule has 0 N–H and O–H groups in total. The molecule has 7 nitrogen and oxygen atoms in total. The number of ether oxygens (including phenoxy) is 2. The summed E-state index contributed by atoms with van der Waals surface area (Å²) < 4.78 is 12.5. The van der Waals surface area contributed by atoms with Gasteiger partial charge in [0.25, 0.3) is 0 Å². The van der Waals surface area contributed by atoms with Gasteiger partial charge in [0.15, 0.2) is 6.29 Å². The van der Waals surface area contributed by atoms with Crippen LogP contribution in [-0.4, -0.2) is 28.1 Å². The molecule has 3 unspecified atom stereocenters. The van der Waals surface area contributed by atoms with Crippen molar-refractivity contribution in [3.8, 4) is 0 Å². The highest BCUT2D eigenvalue weighted by molar-refractivity contribution is 5.36. The van der Waals surface area contributed by atoms with Crippen molar-refractivity contribution in [2.75, 3.05) is 7.11 Å². The number of aryl methyl sites for hydroxylation is 1. The highest BCUT2D eigenvalue weighted by Crippen LogP contribution is 2.38. The SMILES string of the molecule is COC1OC(c2c([N+](=O)[O-])cnn2C)C(C)C=C1C. The number of nitro groups is 1. The molecule has 2 heterocycles. The van der Waals surface area contributed by atoms with E-state index in [-0.39, 0.29) is 11.6 Å². The molecule has 2 rings (SSSR count). The van der Waals surface area contributed by atoms with E-state index in [0.717, 1.165) is 5.57 Å². The van der Waals surface area contributed by atoms with Crippen LogP contribution in [0.25, 0.3) is 0 Å². The van der Waals surface area contributed by atoms with E-state index in [0.29, 0.717) is 5.69 Å². The molecule has 1 aromatic rings. The molecule has 0 saturated carbocycles. The number of hydrogen-bond donors (Lipinski definition) is 0. The number of methoxy groups -OCH3 is 1. The van der Waals surface area contributed by atoms with Crippen molar-refractivity contribution in [1.82, 2.24) is 9.78 Å². The minimum Gasteiger partial charge on any atom is -0.352 e. The van der Waals surface area contributed by atoms with E-state index in [9.17, 15) is 10.1 Å². The predicted octanol–water partition coefficient (Wildman–Crippen LogP) is 1.95. The third kappa shape index (κ3) is 2.39. The molecule has 0 amide bonds. The number of nitrogens with zero attached hydrogens (tertiary/aromatic N) is 3. The molecule has 1 aliphatic heterocycles. The highest BCUT2D eigenvalue weighted by Gasteiger charge is 2.36. The fourth-order valence-corrected chi connectivity index (χ4v) is 2.41. The zero-order valence-electron chi connectivity index (χ0n) is 11.4. The molecule has 19 heavy (non-hydrogen) atoms. The van der Waals surface area contributed by atoms with Crippen LogP contribution in [0.3, 0.4) is 0 Å². The van der Waals surface area contributed by atoms with Crippen molar-refractivity contribution in [2.24, 2.45) is 13.0 Å². The summed E-state index contributed by atoms with van der Waals surface area (Å²) in [6, 6.07) is 0. The summed E-state index contributed by atoms with van der Waals surface area (Å²) in [4.78, 5) is 10.6. The van der Waals surface area contributed by atoms with Gasteiger partial charge in [0.05, 0.1) is 4.92 Å². The Hall–Kier alpha value is -1.73. The van der Waals surface area contributed by atoms with Gasteiger partial charge < -0.3 is 9.47 Å². The number of rotatable bonds is 3. The largest absolute Gasteiger partial charge is 0.352 e. The van der Waals surface area contributed by atoms with Crippen LogP contribution >= 0.6 is 0 Å². The summed E-state index contributed by atoms with van der Waals surface area (Å²) in [6.45, 7) is 3.87. The number of aromatic nitrogens is 2. The first-order valence-electron chi connectivity index (χ1n) is 5.98. The lowest BCUT2D eigenvalue weighted by molar-refractivity contribution is -0.386. The van der Waals surface area contributed by atoms with Crippen LogP contribution in [0.1, 0.15) is 25.6 Å². The van der Waals surface area contributed by atoms with Gasteiger partial charge in [0.1, 0.15) is 18.0 Å². The minimum absolute atomic E-state index is 0.0144. The fourth-order valence-electron chi connectivity index (χ4n) is 2.41. The third-order valence-corrected chi connectivity index (χ3v) is 3.29. The Bertz CT molecular complexity index is 523. The van der Waals surface area contributed by atoms with Gasteiger partial charge in [-0.2, -0.15) is 5.10 Å². The Labute approximate surface area is 111 Å². The summed E-state index contributed by atoms with van der Waals surface area (Å²) in [5.41, 5.74) is 1.40. The molecule has 0 spiro atoms. The van der Waals surface area contributed by atoms with Crippen LogP contribution in [0.15, 0.2) is 17.8 Å². The Balaban J connectivity index is 2.42. The lowest BCUT2D eigenvalue weighted by atomic mass is 9.95. The maximum absolute atomic E-state index is 11.0. The molecule has 1 aromatic heterocycles.